The van der Waals surface area contributed by atoms with Crippen molar-refractivity contribution >= 4 is 35.7 Å². The SMILES string of the molecule is CC[C@H](C)N(CC(=O)OC1CCc2cc3c(cc2C1=O)OCc1cc(C(=O)COC(=O)[C@@H]2CC[C@H](C)N2C(=O)OC(C)(C)C)ccc1-3)C(=O)OC(C)(C)C. The van der Waals surface area contributed by atoms with Crippen LogP contribution in [0.5, 0.6) is 5.75 Å². The number of aryl methyl sites for hydroxylation is 1. The molecule has 2 heterocycles. The van der Waals surface area contributed by atoms with Crippen molar-refractivity contribution in [2.75, 3.05) is 13.2 Å². The van der Waals surface area contributed by atoms with Crippen molar-refractivity contribution in [2.45, 2.75) is 136 Å². The van der Waals surface area contributed by atoms with Gasteiger partial charge in [-0.3, -0.25) is 24.2 Å². The second-order valence-corrected chi connectivity index (χ2v) is 16.3. The minimum absolute atomic E-state index is 0.134. The molecule has 1 fully saturated rings. The molecule has 292 valence electrons. The Hall–Kier alpha value is -4.94. The van der Waals surface area contributed by atoms with Crippen molar-refractivity contribution in [2.24, 2.45) is 0 Å². The highest BCUT2D eigenvalue weighted by Crippen LogP contribution is 2.41. The van der Waals surface area contributed by atoms with Crippen molar-refractivity contribution in [3.63, 3.8) is 0 Å². The molecule has 0 spiro atoms. The van der Waals surface area contributed by atoms with E-state index in [1.54, 1.807) is 59.7 Å². The van der Waals surface area contributed by atoms with E-state index in [0.29, 0.717) is 42.6 Å². The van der Waals surface area contributed by atoms with E-state index in [-0.39, 0.29) is 37.4 Å². The number of ether oxygens (including phenoxy) is 5. The van der Waals surface area contributed by atoms with Crippen LogP contribution in [0.25, 0.3) is 11.1 Å². The average molecular weight is 749 g/mol. The lowest BCUT2D eigenvalue weighted by Crippen LogP contribution is -2.47. The molecule has 3 aliphatic rings. The van der Waals surface area contributed by atoms with Gasteiger partial charge in [-0.25, -0.2) is 14.4 Å². The lowest BCUT2D eigenvalue weighted by atomic mass is 9.84. The summed E-state index contributed by atoms with van der Waals surface area (Å²) < 4.78 is 28.1. The first-order valence-corrected chi connectivity index (χ1v) is 18.6. The maximum atomic E-state index is 13.6. The highest BCUT2D eigenvalue weighted by atomic mass is 16.6. The summed E-state index contributed by atoms with van der Waals surface area (Å²) in [4.78, 5) is 81.1. The van der Waals surface area contributed by atoms with Crippen LogP contribution in [0.3, 0.4) is 0 Å². The van der Waals surface area contributed by atoms with Gasteiger partial charge in [-0.05, 0) is 122 Å². The summed E-state index contributed by atoms with van der Waals surface area (Å²) in [7, 11) is 0. The van der Waals surface area contributed by atoms with Gasteiger partial charge in [0.1, 0.15) is 36.1 Å². The van der Waals surface area contributed by atoms with E-state index in [2.05, 4.69) is 0 Å². The number of amides is 2. The smallest absolute Gasteiger partial charge is 0.411 e. The zero-order chi connectivity index (χ0) is 39.7. The second kappa shape index (κ2) is 15.8. The normalized spacial score (nSPS) is 19.7. The van der Waals surface area contributed by atoms with Crippen LogP contribution in [0, 0.1) is 0 Å². The quantitative estimate of drug-likeness (QED) is 0.150. The van der Waals surface area contributed by atoms with Gasteiger partial charge in [0.25, 0.3) is 0 Å². The third-order valence-corrected chi connectivity index (χ3v) is 9.75. The summed E-state index contributed by atoms with van der Waals surface area (Å²) >= 11 is 0. The van der Waals surface area contributed by atoms with Crippen molar-refractivity contribution in [3.8, 4) is 16.9 Å². The molecule has 0 aromatic heterocycles. The molecular weight excluding hydrogens is 696 g/mol. The molecule has 2 aromatic rings. The number of hydrogen-bond donors (Lipinski definition) is 0. The fourth-order valence-corrected chi connectivity index (χ4v) is 6.83. The standard InChI is InChI=1S/C41H52N2O11/c1-10-23(2)42(38(48)53-40(4,5)6)20-35(45)52-33-16-13-25-18-30-28-14-12-26(17-27(28)21-50-34(30)19-29(25)36(33)46)32(44)22-51-37(47)31-15-11-24(3)43(31)39(49)54-41(7,8)9/h12,14,17-19,23-24,31,33H,10-11,13,15-16,20-22H2,1-9H3/t23-,24-,31-,33?/m0/s1. The number of rotatable bonds is 9. The zero-order valence-corrected chi connectivity index (χ0v) is 32.7. The van der Waals surface area contributed by atoms with Crippen LogP contribution in [0.15, 0.2) is 30.3 Å². The number of benzene rings is 2. The van der Waals surface area contributed by atoms with E-state index < -0.39 is 59.9 Å². The Morgan fingerprint density at radius 1 is 0.907 bits per heavy atom. The molecule has 1 unspecified atom stereocenters. The number of nitrogens with zero attached hydrogens (tertiary/aromatic N) is 2. The minimum atomic E-state index is -1.00. The Morgan fingerprint density at radius 2 is 1.61 bits per heavy atom. The van der Waals surface area contributed by atoms with E-state index in [1.807, 2.05) is 32.9 Å². The largest absolute Gasteiger partial charge is 0.488 e. The Kier molecular flexibility index (Phi) is 11.8. The van der Waals surface area contributed by atoms with Gasteiger partial charge in [0.2, 0.25) is 5.78 Å². The lowest BCUT2D eigenvalue weighted by molar-refractivity contribution is -0.149. The van der Waals surface area contributed by atoms with Crippen molar-refractivity contribution in [1.82, 2.24) is 9.80 Å². The molecule has 0 radical (unpaired) electrons. The van der Waals surface area contributed by atoms with Crippen LogP contribution in [0.4, 0.5) is 9.59 Å². The van der Waals surface area contributed by atoms with Gasteiger partial charge < -0.3 is 23.7 Å². The van der Waals surface area contributed by atoms with Gasteiger partial charge >= 0.3 is 24.1 Å². The van der Waals surface area contributed by atoms with Crippen LogP contribution >= 0.6 is 0 Å². The fourth-order valence-electron chi connectivity index (χ4n) is 6.83. The van der Waals surface area contributed by atoms with Gasteiger partial charge in [0, 0.05) is 28.8 Å². The molecule has 0 saturated carbocycles. The van der Waals surface area contributed by atoms with Gasteiger partial charge in [0.15, 0.2) is 18.5 Å². The summed E-state index contributed by atoms with van der Waals surface area (Å²) in [5.41, 5.74) is 2.43. The molecule has 1 saturated heterocycles. The molecule has 13 nitrogen and oxygen atoms in total. The number of likely N-dealkylation sites (tertiary alicyclic amines) is 1. The van der Waals surface area contributed by atoms with Gasteiger partial charge in [-0.2, -0.15) is 0 Å². The van der Waals surface area contributed by atoms with E-state index in [4.69, 9.17) is 23.7 Å². The molecule has 4 atom stereocenters. The first-order valence-electron chi connectivity index (χ1n) is 18.6. The third-order valence-electron chi connectivity index (χ3n) is 9.75. The number of Topliss-reactive ketones (excluding diaryl/α,β-unsaturated/α-hetero) is 2. The summed E-state index contributed by atoms with van der Waals surface area (Å²) in [5.74, 6) is -1.60. The predicted molar refractivity (Wildman–Crippen MR) is 197 cm³/mol. The van der Waals surface area contributed by atoms with E-state index in [9.17, 15) is 28.8 Å². The van der Waals surface area contributed by atoms with E-state index >= 15 is 0 Å². The molecule has 54 heavy (non-hydrogen) atoms. The summed E-state index contributed by atoms with van der Waals surface area (Å²) in [6.45, 7) is 15.4. The zero-order valence-electron chi connectivity index (χ0n) is 32.7. The van der Waals surface area contributed by atoms with Crippen molar-refractivity contribution in [1.29, 1.82) is 0 Å². The van der Waals surface area contributed by atoms with Crippen LogP contribution < -0.4 is 4.74 Å². The number of esters is 2. The Labute approximate surface area is 316 Å². The first-order chi connectivity index (χ1) is 25.3. The monoisotopic (exact) mass is 748 g/mol. The maximum Gasteiger partial charge on any atom is 0.411 e. The molecule has 2 aromatic carbocycles. The number of carbonyl (C=O) groups is 6. The van der Waals surface area contributed by atoms with Gasteiger partial charge in [0.05, 0.1) is 0 Å². The van der Waals surface area contributed by atoms with Gasteiger partial charge in [-0.1, -0.05) is 19.1 Å². The van der Waals surface area contributed by atoms with Crippen LogP contribution in [-0.2, 0) is 41.6 Å². The lowest BCUT2D eigenvalue weighted by Gasteiger charge is -2.31. The molecular formula is C41H52N2O11. The molecule has 13 heteroatoms. The Morgan fingerprint density at radius 3 is 2.28 bits per heavy atom. The highest BCUT2D eigenvalue weighted by Gasteiger charge is 2.42. The molecule has 1 aliphatic carbocycles. The first kappa shape index (κ1) is 40.2. The average Bonchev–Trinajstić information content (AvgIpc) is 3.49. The van der Waals surface area contributed by atoms with Crippen molar-refractivity contribution in [3.05, 3.63) is 52.6 Å². The number of hydrogen-bond acceptors (Lipinski definition) is 11. The molecule has 2 amide bonds. The van der Waals surface area contributed by atoms with Gasteiger partial charge in [-0.15, -0.1) is 0 Å². The molecule has 5 rings (SSSR count). The summed E-state index contributed by atoms with van der Waals surface area (Å²) in [5, 5.41) is 0. The number of fused-ring (bicyclic) bond motifs is 4. The minimum Gasteiger partial charge on any atom is -0.488 e. The predicted octanol–water partition coefficient (Wildman–Crippen LogP) is 6.84. The van der Waals surface area contributed by atoms with Crippen LogP contribution in [0.2, 0.25) is 0 Å². The number of ketones is 2. The van der Waals surface area contributed by atoms with E-state index in [1.165, 1.54) is 9.80 Å². The topological polar surface area (TPSA) is 155 Å². The van der Waals surface area contributed by atoms with Crippen LogP contribution in [0.1, 0.15) is 120 Å². The fraction of sp³-hybridized carbons (Fsp3) is 0.561. The summed E-state index contributed by atoms with van der Waals surface area (Å²) in [6, 6.07) is 7.43. The summed E-state index contributed by atoms with van der Waals surface area (Å²) in [6.07, 6.45) is 0.149. The Balaban J connectivity index is 1.23. The Bertz CT molecular complexity index is 1820. The number of carbonyl (C=O) groups excluding carboxylic acids is 6. The highest BCUT2D eigenvalue weighted by molar-refractivity contribution is 6.04. The second-order valence-electron chi connectivity index (χ2n) is 16.3. The van der Waals surface area contributed by atoms with E-state index in [0.717, 1.165) is 22.3 Å². The molecule has 0 N–H and O–H groups in total. The van der Waals surface area contributed by atoms with Crippen LogP contribution in [-0.4, -0.2) is 94.1 Å². The molecule has 0 bridgehead atoms. The molecule has 2 aliphatic heterocycles. The van der Waals surface area contributed by atoms with Crippen molar-refractivity contribution < 1.29 is 52.5 Å². The maximum absolute atomic E-state index is 13.6. The third kappa shape index (κ3) is 9.22.